The third kappa shape index (κ3) is 7.51. The number of aryl methyl sites for hydroxylation is 3. The fourth-order valence-corrected chi connectivity index (χ4v) is 4.46. The van der Waals surface area contributed by atoms with Gasteiger partial charge in [0, 0.05) is 43.3 Å². The number of aromatic nitrogens is 2. The van der Waals surface area contributed by atoms with Gasteiger partial charge in [-0.3, -0.25) is 14.6 Å². The second kappa shape index (κ2) is 13.3. The number of morpholine rings is 1. The van der Waals surface area contributed by atoms with Gasteiger partial charge >= 0.3 is 0 Å². The van der Waals surface area contributed by atoms with Crippen LogP contribution in [0.2, 0.25) is 0 Å². The van der Waals surface area contributed by atoms with Crippen molar-refractivity contribution in [2.45, 2.75) is 39.8 Å². The highest BCUT2D eigenvalue weighted by atomic mass is 127. The molecule has 3 rings (SSSR count). The summed E-state index contributed by atoms with van der Waals surface area (Å²) in [4.78, 5) is 8.77. The SMILES string of the molecule is CCNC(=NCC(c1cccs1)N1CCOCC1)NCCCn1nc(C)cc1C.I. The maximum absolute atomic E-state index is 5.54. The first-order chi connectivity index (χ1) is 14.2. The Morgan fingerprint density at radius 2 is 2.10 bits per heavy atom. The van der Waals surface area contributed by atoms with Crippen LogP contribution in [0.5, 0.6) is 0 Å². The number of aliphatic imine (C=N–C) groups is 1. The van der Waals surface area contributed by atoms with Gasteiger partial charge in [-0.2, -0.15) is 5.10 Å². The van der Waals surface area contributed by atoms with Gasteiger partial charge in [0.05, 0.1) is 31.5 Å². The Balaban J connectivity index is 0.00000320. The number of rotatable bonds is 9. The molecule has 0 bridgehead atoms. The molecule has 2 aromatic heterocycles. The minimum Gasteiger partial charge on any atom is -0.379 e. The van der Waals surface area contributed by atoms with Crippen LogP contribution in [-0.2, 0) is 11.3 Å². The standard InChI is InChI=1S/C21H34N6OS.HI/c1-4-22-21(23-8-6-9-27-18(3)15-17(2)25-27)24-16-19(20-7-5-14-29-20)26-10-12-28-13-11-26;/h5,7,14-15,19H,4,6,8-13,16H2,1-3H3,(H2,22,23,24);1H. The molecule has 7 nitrogen and oxygen atoms in total. The number of nitrogens with one attached hydrogen (secondary N) is 2. The van der Waals surface area contributed by atoms with Crippen molar-refractivity contribution in [1.29, 1.82) is 0 Å². The van der Waals surface area contributed by atoms with Gasteiger partial charge in [0.15, 0.2) is 5.96 Å². The smallest absolute Gasteiger partial charge is 0.191 e. The van der Waals surface area contributed by atoms with Gasteiger partial charge in [-0.05, 0) is 44.7 Å². The van der Waals surface area contributed by atoms with E-state index in [-0.39, 0.29) is 24.0 Å². The highest BCUT2D eigenvalue weighted by Crippen LogP contribution is 2.26. The van der Waals surface area contributed by atoms with Gasteiger partial charge in [0.2, 0.25) is 0 Å². The van der Waals surface area contributed by atoms with Crippen LogP contribution in [0, 0.1) is 13.8 Å². The Morgan fingerprint density at radius 1 is 1.30 bits per heavy atom. The van der Waals surface area contributed by atoms with E-state index in [1.54, 1.807) is 0 Å². The van der Waals surface area contributed by atoms with Gasteiger partial charge in [-0.1, -0.05) is 6.07 Å². The van der Waals surface area contributed by atoms with E-state index in [2.05, 4.69) is 62.7 Å². The summed E-state index contributed by atoms with van der Waals surface area (Å²) >= 11 is 1.81. The van der Waals surface area contributed by atoms with Gasteiger partial charge in [-0.25, -0.2) is 0 Å². The first kappa shape index (κ1) is 25.1. The summed E-state index contributed by atoms with van der Waals surface area (Å²) in [5.41, 5.74) is 2.29. The fourth-order valence-electron chi connectivity index (χ4n) is 3.61. The number of ether oxygens (including phenoxy) is 1. The molecule has 9 heteroatoms. The molecule has 0 aliphatic carbocycles. The van der Waals surface area contributed by atoms with Crippen LogP contribution < -0.4 is 10.6 Å². The highest BCUT2D eigenvalue weighted by Gasteiger charge is 2.23. The largest absolute Gasteiger partial charge is 0.379 e. The minimum atomic E-state index is 0. The zero-order chi connectivity index (χ0) is 20.5. The molecule has 2 N–H and O–H groups in total. The van der Waals surface area contributed by atoms with Crippen molar-refractivity contribution in [2.75, 3.05) is 45.9 Å². The predicted molar refractivity (Wildman–Crippen MR) is 135 cm³/mol. The van der Waals surface area contributed by atoms with E-state index in [4.69, 9.17) is 9.73 Å². The molecule has 1 aliphatic rings. The summed E-state index contributed by atoms with van der Waals surface area (Å²) in [7, 11) is 0. The molecular formula is C21H35IN6OS. The zero-order valence-corrected chi connectivity index (χ0v) is 21.4. The minimum absolute atomic E-state index is 0. The monoisotopic (exact) mass is 546 g/mol. The van der Waals surface area contributed by atoms with E-state index in [1.807, 2.05) is 18.3 Å². The van der Waals surface area contributed by atoms with Gasteiger partial charge in [0.1, 0.15) is 0 Å². The van der Waals surface area contributed by atoms with Crippen LogP contribution in [0.25, 0.3) is 0 Å². The lowest BCUT2D eigenvalue weighted by atomic mass is 10.2. The molecule has 1 unspecified atom stereocenters. The molecule has 2 aromatic rings. The lowest BCUT2D eigenvalue weighted by Gasteiger charge is -2.33. The van der Waals surface area contributed by atoms with E-state index >= 15 is 0 Å². The quantitative estimate of drug-likeness (QED) is 0.219. The Morgan fingerprint density at radius 3 is 2.73 bits per heavy atom. The molecule has 0 radical (unpaired) electrons. The number of nitrogens with zero attached hydrogens (tertiary/aromatic N) is 4. The molecule has 30 heavy (non-hydrogen) atoms. The lowest BCUT2D eigenvalue weighted by Crippen LogP contribution is -2.41. The summed E-state index contributed by atoms with van der Waals surface area (Å²) in [6, 6.07) is 6.77. The van der Waals surface area contributed by atoms with Crippen molar-refractivity contribution in [2.24, 2.45) is 4.99 Å². The van der Waals surface area contributed by atoms with Crippen molar-refractivity contribution in [3.63, 3.8) is 0 Å². The normalized spacial score (nSPS) is 16.2. The molecule has 1 saturated heterocycles. The van der Waals surface area contributed by atoms with Crippen LogP contribution in [0.3, 0.4) is 0 Å². The van der Waals surface area contributed by atoms with E-state index in [0.717, 1.165) is 70.6 Å². The van der Waals surface area contributed by atoms with Crippen molar-refractivity contribution < 1.29 is 4.74 Å². The number of hydrogen-bond acceptors (Lipinski definition) is 5. The van der Waals surface area contributed by atoms with E-state index in [0.29, 0.717) is 6.04 Å². The first-order valence-electron chi connectivity index (χ1n) is 10.6. The topological polar surface area (TPSA) is 66.7 Å². The molecule has 1 atom stereocenters. The summed E-state index contributed by atoms with van der Waals surface area (Å²) in [6.45, 7) is 13.2. The number of halogens is 1. The van der Waals surface area contributed by atoms with Crippen LogP contribution in [0.1, 0.15) is 35.7 Å². The molecule has 0 amide bonds. The summed E-state index contributed by atoms with van der Waals surface area (Å²) < 4.78 is 7.61. The van der Waals surface area contributed by atoms with E-state index < -0.39 is 0 Å². The second-order valence-corrected chi connectivity index (χ2v) is 8.31. The Labute approximate surface area is 201 Å². The summed E-state index contributed by atoms with van der Waals surface area (Å²) in [5.74, 6) is 0.885. The van der Waals surface area contributed by atoms with Crippen LogP contribution >= 0.6 is 35.3 Å². The molecule has 168 valence electrons. The van der Waals surface area contributed by atoms with Crippen molar-refractivity contribution in [3.8, 4) is 0 Å². The third-order valence-electron chi connectivity index (χ3n) is 5.07. The lowest BCUT2D eigenvalue weighted by molar-refractivity contribution is 0.0186. The molecule has 0 aromatic carbocycles. The second-order valence-electron chi connectivity index (χ2n) is 7.33. The van der Waals surface area contributed by atoms with E-state index in [1.165, 1.54) is 10.6 Å². The van der Waals surface area contributed by atoms with Crippen molar-refractivity contribution in [1.82, 2.24) is 25.3 Å². The molecule has 0 spiro atoms. The van der Waals surface area contributed by atoms with Gasteiger partial charge < -0.3 is 15.4 Å². The molecule has 1 aliphatic heterocycles. The Kier molecular flexibility index (Phi) is 11.1. The number of guanidine groups is 1. The fraction of sp³-hybridized carbons (Fsp3) is 0.619. The third-order valence-corrected chi connectivity index (χ3v) is 6.04. The van der Waals surface area contributed by atoms with Crippen molar-refractivity contribution >= 4 is 41.3 Å². The summed E-state index contributed by atoms with van der Waals surface area (Å²) in [5, 5.41) is 13.5. The van der Waals surface area contributed by atoms with E-state index in [9.17, 15) is 0 Å². The van der Waals surface area contributed by atoms with Gasteiger partial charge in [-0.15, -0.1) is 35.3 Å². The van der Waals surface area contributed by atoms with Crippen LogP contribution in [0.4, 0.5) is 0 Å². The number of thiophene rings is 1. The molecule has 3 heterocycles. The first-order valence-corrected chi connectivity index (χ1v) is 11.4. The Bertz CT molecular complexity index is 758. The van der Waals surface area contributed by atoms with Crippen molar-refractivity contribution in [3.05, 3.63) is 39.8 Å². The Hall–Kier alpha value is -1.17. The predicted octanol–water partition coefficient (Wildman–Crippen LogP) is 3.20. The molecule has 0 saturated carbocycles. The maximum atomic E-state index is 5.54. The molecule has 1 fully saturated rings. The number of hydrogen-bond donors (Lipinski definition) is 2. The average Bonchev–Trinajstić information content (AvgIpc) is 3.36. The summed E-state index contributed by atoms with van der Waals surface area (Å²) in [6.07, 6.45) is 1.00. The maximum Gasteiger partial charge on any atom is 0.191 e. The van der Waals surface area contributed by atoms with Crippen LogP contribution in [-0.4, -0.2) is 66.6 Å². The highest BCUT2D eigenvalue weighted by molar-refractivity contribution is 14.0. The molecular weight excluding hydrogens is 511 g/mol. The average molecular weight is 547 g/mol. The van der Waals surface area contributed by atoms with Gasteiger partial charge in [0.25, 0.3) is 0 Å². The van der Waals surface area contributed by atoms with Crippen LogP contribution in [0.15, 0.2) is 28.6 Å². The zero-order valence-electron chi connectivity index (χ0n) is 18.3.